The largest absolute Gasteiger partial charge is 0.377 e. The Morgan fingerprint density at radius 2 is 1.73 bits per heavy atom. The van der Waals surface area contributed by atoms with Crippen molar-refractivity contribution in [1.29, 1.82) is 0 Å². The molecule has 0 aliphatic heterocycles. The van der Waals surface area contributed by atoms with E-state index in [-0.39, 0.29) is 0 Å². The molecule has 1 aromatic rings. The van der Waals surface area contributed by atoms with Gasteiger partial charge in [-0.2, -0.15) is 0 Å². The number of hydrogen-bond donors (Lipinski definition) is 0. The molecular formula is C14H23N. The summed E-state index contributed by atoms with van der Waals surface area (Å²) in [6.07, 6.45) is 1.14. The van der Waals surface area contributed by atoms with E-state index < -0.39 is 0 Å². The van der Waals surface area contributed by atoms with Crippen molar-refractivity contribution in [1.82, 2.24) is 0 Å². The van der Waals surface area contributed by atoms with Gasteiger partial charge in [-0.15, -0.1) is 0 Å². The Kier molecular flexibility index (Phi) is 3.43. The van der Waals surface area contributed by atoms with Gasteiger partial charge in [0.2, 0.25) is 0 Å². The van der Waals surface area contributed by atoms with Crippen LogP contribution in [0, 0.1) is 12.3 Å². The Hall–Kier alpha value is -0.980. The van der Waals surface area contributed by atoms with Crippen molar-refractivity contribution >= 4 is 5.69 Å². The molecule has 0 saturated carbocycles. The van der Waals surface area contributed by atoms with E-state index in [4.69, 9.17) is 0 Å². The first-order chi connectivity index (χ1) is 6.79. The highest BCUT2D eigenvalue weighted by molar-refractivity contribution is 5.53. The maximum Gasteiger partial charge on any atom is 0.0390 e. The van der Waals surface area contributed by atoms with E-state index in [9.17, 15) is 0 Å². The number of aryl methyl sites for hydroxylation is 1. The lowest BCUT2D eigenvalue weighted by molar-refractivity contribution is 0.411. The third kappa shape index (κ3) is 3.58. The first kappa shape index (κ1) is 12.1. The normalized spacial score (nSPS) is 11.6. The highest BCUT2D eigenvalue weighted by Gasteiger charge is 2.12. The second kappa shape index (κ2) is 4.26. The third-order valence-corrected chi connectivity index (χ3v) is 2.48. The van der Waals surface area contributed by atoms with Crippen LogP contribution in [0.1, 0.15) is 31.9 Å². The fraction of sp³-hybridized carbons (Fsp3) is 0.571. The van der Waals surface area contributed by atoms with Crippen molar-refractivity contribution in [2.45, 2.75) is 34.1 Å². The summed E-state index contributed by atoms with van der Waals surface area (Å²) < 4.78 is 0. The van der Waals surface area contributed by atoms with Crippen LogP contribution in [0.5, 0.6) is 0 Å². The Labute approximate surface area is 94.1 Å². The Balaban J connectivity index is 2.92. The van der Waals surface area contributed by atoms with Crippen molar-refractivity contribution in [3.05, 3.63) is 29.3 Å². The van der Waals surface area contributed by atoms with Crippen LogP contribution in [0.3, 0.4) is 0 Å². The molecule has 0 N–H and O–H groups in total. The zero-order valence-electron chi connectivity index (χ0n) is 10.9. The van der Waals surface area contributed by atoms with Crippen LogP contribution in [0.4, 0.5) is 5.69 Å². The molecule has 1 nitrogen and oxygen atoms in total. The summed E-state index contributed by atoms with van der Waals surface area (Å²) in [6.45, 7) is 9.02. The van der Waals surface area contributed by atoms with Gasteiger partial charge in [-0.25, -0.2) is 0 Å². The molecule has 0 aliphatic rings. The van der Waals surface area contributed by atoms with E-state index in [2.05, 4.69) is 64.9 Å². The zero-order valence-corrected chi connectivity index (χ0v) is 10.9. The lowest BCUT2D eigenvalue weighted by Crippen LogP contribution is -2.12. The zero-order chi connectivity index (χ0) is 11.6. The molecule has 0 aliphatic carbocycles. The quantitative estimate of drug-likeness (QED) is 0.712. The summed E-state index contributed by atoms with van der Waals surface area (Å²) in [5.74, 6) is 0. The second-order valence-corrected chi connectivity index (χ2v) is 5.75. The summed E-state index contributed by atoms with van der Waals surface area (Å²) in [6, 6.07) is 6.77. The Morgan fingerprint density at radius 1 is 1.13 bits per heavy atom. The topological polar surface area (TPSA) is 3.24 Å². The molecule has 0 atom stereocenters. The summed E-state index contributed by atoms with van der Waals surface area (Å²) in [5, 5.41) is 0. The highest BCUT2D eigenvalue weighted by atomic mass is 15.1. The Morgan fingerprint density at radius 3 is 2.13 bits per heavy atom. The maximum atomic E-state index is 2.31. The van der Waals surface area contributed by atoms with Gasteiger partial charge in [-0.05, 0) is 36.0 Å². The van der Waals surface area contributed by atoms with Gasteiger partial charge in [-0.1, -0.05) is 32.9 Å². The molecule has 0 aromatic heterocycles. The van der Waals surface area contributed by atoms with Crippen LogP contribution in [0.15, 0.2) is 18.2 Å². The van der Waals surface area contributed by atoms with Crippen LogP contribution >= 0.6 is 0 Å². The van der Waals surface area contributed by atoms with Crippen LogP contribution < -0.4 is 4.90 Å². The molecule has 0 saturated heterocycles. The molecule has 0 radical (unpaired) electrons. The third-order valence-electron chi connectivity index (χ3n) is 2.48. The van der Waals surface area contributed by atoms with Crippen LogP contribution in [-0.2, 0) is 6.42 Å². The van der Waals surface area contributed by atoms with Gasteiger partial charge in [0.15, 0.2) is 0 Å². The van der Waals surface area contributed by atoms with E-state index in [0.29, 0.717) is 5.41 Å². The number of rotatable bonds is 2. The smallest absolute Gasteiger partial charge is 0.0390 e. The predicted molar refractivity (Wildman–Crippen MR) is 68.7 cm³/mol. The molecular weight excluding hydrogens is 182 g/mol. The van der Waals surface area contributed by atoms with E-state index in [1.807, 2.05) is 0 Å². The monoisotopic (exact) mass is 205 g/mol. The molecule has 0 unspecified atom stereocenters. The first-order valence-electron chi connectivity index (χ1n) is 5.56. The maximum absolute atomic E-state index is 2.31. The van der Waals surface area contributed by atoms with Gasteiger partial charge in [-0.3, -0.25) is 0 Å². The predicted octanol–water partition coefficient (Wildman–Crippen LogP) is 3.65. The minimum absolute atomic E-state index is 0.367. The number of hydrogen-bond acceptors (Lipinski definition) is 1. The van der Waals surface area contributed by atoms with Crippen LogP contribution in [-0.4, -0.2) is 14.1 Å². The first-order valence-corrected chi connectivity index (χ1v) is 5.56. The van der Waals surface area contributed by atoms with Crippen molar-refractivity contribution in [3.63, 3.8) is 0 Å². The molecule has 0 bridgehead atoms. The summed E-state index contributed by atoms with van der Waals surface area (Å²) in [4.78, 5) is 2.16. The van der Waals surface area contributed by atoms with Gasteiger partial charge >= 0.3 is 0 Å². The van der Waals surface area contributed by atoms with Crippen molar-refractivity contribution in [3.8, 4) is 0 Å². The molecule has 0 heterocycles. The summed E-state index contributed by atoms with van der Waals surface area (Å²) in [7, 11) is 4.18. The fourth-order valence-corrected chi connectivity index (χ4v) is 1.94. The molecule has 1 heteroatoms. The number of benzene rings is 1. The molecule has 0 fully saturated rings. The molecule has 0 amide bonds. The minimum atomic E-state index is 0.367. The molecule has 15 heavy (non-hydrogen) atoms. The van der Waals surface area contributed by atoms with Crippen LogP contribution in [0.2, 0.25) is 0 Å². The van der Waals surface area contributed by atoms with Gasteiger partial charge in [0.25, 0.3) is 0 Å². The van der Waals surface area contributed by atoms with E-state index in [0.717, 1.165) is 6.42 Å². The SMILES string of the molecule is Cc1cc(CC(C)(C)C)ccc1N(C)C. The lowest BCUT2D eigenvalue weighted by atomic mass is 9.87. The molecule has 84 valence electrons. The fourth-order valence-electron chi connectivity index (χ4n) is 1.94. The lowest BCUT2D eigenvalue weighted by Gasteiger charge is -2.20. The van der Waals surface area contributed by atoms with Gasteiger partial charge < -0.3 is 4.90 Å². The highest BCUT2D eigenvalue weighted by Crippen LogP contribution is 2.24. The van der Waals surface area contributed by atoms with Crippen molar-refractivity contribution in [2.75, 3.05) is 19.0 Å². The van der Waals surface area contributed by atoms with Gasteiger partial charge in [0.05, 0.1) is 0 Å². The number of nitrogens with zero attached hydrogens (tertiary/aromatic N) is 1. The van der Waals surface area contributed by atoms with Crippen molar-refractivity contribution in [2.24, 2.45) is 5.41 Å². The van der Waals surface area contributed by atoms with Gasteiger partial charge in [0.1, 0.15) is 0 Å². The second-order valence-electron chi connectivity index (χ2n) is 5.75. The average Bonchev–Trinajstić information content (AvgIpc) is 1.99. The van der Waals surface area contributed by atoms with E-state index in [1.165, 1.54) is 16.8 Å². The summed E-state index contributed by atoms with van der Waals surface area (Å²) in [5.41, 5.74) is 4.48. The molecule has 0 spiro atoms. The van der Waals surface area contributed by atoms with Crippen molar-refractivity contribution < 1.29 is 0 Å². The van der Waals surface area contributed by atoms with Crippen LogP contribution in [0.25, 0.3) is 0 Å². The molecule has 1 rings (SSSR count). The Bertz CT molecular complexity index is 332. The standard InChI is InChI=1S/C14H23N/c1-11-9-12(10-14(2,3)4)7-8-13(11)15(5)6/h7-9H,10H2,1-6H3. The minimum Gasteiger partial charge on any atom is -0.377 e. The molecule has 1 aromatic carbocycles. The average molecular weight is 205 g/mol. The van der Waals surface area contributed by atoms with E-state index in [1.54, 1.807) is 0 Å². The summed E-state index contributed by atoms with van der Waals surface area (Å²) >= 11 is 0. The number of anilines is 1. The van der Waals surface area contributed by atoms with E-state index >= 15 is 0 Å². The van der Waals surface area contributed by atoms with Gasteiger partial charge in [0, 0.05) is 19.8 Å².